The number of hydrogen-bond acceptors (Lipinski definition) is 5. The average molecular weight is 484 g/mol. The molecule has 0 unspecified atom stereocenters. The van der Waals surface area contributed by atoms with Gasteiger partial charge in [-0.25, -0.2) is 17.9 Å². The molecule has 0 saturated carbocycles. The van der Waals surface area contributed by atoms with E-state index in [9.17, 15) is 18.0 Å². The molecule has 0 heterocycles. The first-order chi connectivity index (χ1) is 16.3. The largest absolute Gasteiger partial charge is 0.445 e. The molecule has 34 heavy (non-hydrogen) atoms. The lowest BCUT2D eigenvalue weighted by Gasteiger charge is -2.16. The van der Waals surface area contributed by atoms with E-state index < -0.39 is 28.1 Å². The number of carbonyl (C=O) groups excluding carboxylic acids is 2. The van der Waals surface area contributed by atoms with Gasteiger partial charge in [0.1, 0.15) is 12.6 Å². The smallest absolute Gasteiger partial charge is 0.408 e. The second-order valence-corrected chi connectivity index (χ2v) is 9.56. The molecule has 0 fully saturated rings. The molecule has 0 saturated heterocycles. The van der Waals surface area contributed by atoms with E-state index in [2.05, 4.69) is 15.4 Å². The normalized spacial score (nSPS) is 12.2. The summed E-state index contributed by atoms with van der Waals surface area (Å²) >= 11 is 0. The first-order valence-corrected chi connectivity index (χ1v) is 12.6. The monoisotopic (exact) mass is 483 g/mol. The van der Waals surface area contributed by atoms with Crippen LogP contribution in [0.4, 0.5) is 10.5 Å². The third kappa shape index (κ3) is 6.55. The molecule has 3 N–H and O–H groups in total. The van der Waals surface area contributed by atoms with Crippen molar-refractivity contribution in [3.8, 4) is 0 Å². The zero-order valence-electron chi connectivity index (χ0n) is 19.2. The van der Waals surface area contributed by atoms with E-state index in [0.717, 1.165) is 18.4 Å². The summed E-state index contributed by atoms with van der Waals surface area (Å²) in [4.78, 5) is 24.9. The number of fused-ring (bicyclic) bond motifs is 1. The molecule has 0 aliphatic rings. The van der Waals surface area contributed by atoms with Gasteiger partial charge in [0.25, 0.3) is 0 Å². The average Bonchev–Trinajstić information content (AvgIpc) is 2.83. The Labute approximate surface area is 199 Å². The van der Waals surface area contributed by atoms with Crippen LogP contribution < -0.4 is 15.4 Å². The molecule has 0 bridgehead atoms. The van der Waals surface area contributed by atoms with E-state index in [-0.39, 0.29) is 11.5 Å². The summed E-state index contributed by atoms with van der Waals surface area (Å²) in [7, 11) is -3.70. The Morgan fingerprint density at radius 3 is 2.38 bits per heavy atom. The molecule has 0 aliphatic heterocycles. The predicted octanol–water partition coefficient (Wildman–Crippen LogP) is 4.17. The van der Waals surface area contributed by atoms with Crippen LogP contribution in [0.25, 0.3) is 10.8 Å². The Hall–Kier alpha value is -3.43. The van der Waals surface area contributed by atoms with Crippen LogP contribution >= 0.6 is 0 Å². The van der Waals surface area contributed by atoms with Crippen molar-refractivity contribution >= 4 is 38.5 Å². The minimum atomic E-state index is -3.70. The van der Waals surface area contributed by atoms with Gasteiger partial charge in [0, 0.05) is 23.0 Å². The summed E-state index contributed by atoms with van der Waals surface area (Å²) in [6, 6.07) is 18.3. The van der Waals surface area contributed by atoms with Crippen molar-refractivity contribution in [3.05, 3.63) is 72.3 Å². The number of nitrogens with one attached hydrogen (secondary N) is 3. The van der Waals surface area contributed by atoms with E-state index in [1.54, 1.807) is 30.3 Å². The van der Waals surface area contributed by atoms with E-state index in [4.69, 9.17) is 4.74 Å². The lowest BCUT2D eigenvalue weighted by Crippen LogP contribution is -2.41. The fourth-order valence-corrected chi connectivity index (χ4v) is 4.63. The molecular formula is C25H29N3O5S. The number of sulfonamides is 1. The number of anilines is 1. The minimum Gasteiger partial charge on any atom is -0.445 e. The minimum absolute atomic E-state index is 0.0911. The number of unbranched alkanes of at least 4 members (excludes halogenated alkanes) is 1. The van der Waals surface area contributed by atoms with Crippen molar-refractivity contribution < 1.29 is 22.7 Å². The zero-order valence-corrected chi connectivity index (χ0v) is 20.0. The van der Waals surface area contributed by atoms with Crippen LogP contribution in [0.1, 0.15) is 32.3 Å². The topological polar surface area (TPSA) is 114 Å². The van der Waals surface area contributed by atoms with Crippen LogP contribution in [0.15, 0.2) is 71.6 Å². The van der Waals surface area contributed by atoms with Crippen molar-refractivity contribution in [1.29, 1.82) is 0 Å². The number of amides is 2. The van der Waals surface area contributed by atoms with Gasteiger partial charge in [-0.05, 0) is 31.0 Å². The van der Waals surface area contributed by atoms with E-state index >= 15 is 0 Å². The SMILES string of the molecule is CCCCNS(=O)(=O)c1cccc2c(NC(=O)[C@@H](C)NC(=O)OCc3ccccc3)cccc12. The first-order valence-electron chi connectivity index (χ1n) is 11.1. The second kappa shape index (κ2) is 11.6. The van der Waals surface area contributed by atoms with Crippen molar-refractivity contribution in [2.75, 3.05) is 11.9 Å². The van der Waals surface area contributed by atoms with Gasteiger partial charge in [-0.2, -0.15) is 0 Å². The summed E-state index contributed by atoms with van der Waals surface area (Å²) in [5.41, 5.74) is 1.28. The molecule has 3 aromatic carbocycles. The highest BCUT2D eigenvalue weighted by molar-refractivity contribution is 7.89. The van der Waals surface area contributed by atoms with Crippen LogP contribution in [0.2, 0.25) is 0 Å². The van der Waals surface area contributed by atoms with Crippen molar-refractivity contribution in [3.63, 3.8) is 0 Å². The molecule has 3 rings (SSSR count). The van der Waals surface area contributed by atoms with Crippen LogP contribution in [0.5, 0.6) is 0 Å². The summed E-state index contributed by atoms with van der Waals surface area (Å²) < 4.78 is 33.4. The van der Waals surface area contributed by atoms with Crippen LogP contribution in [0.3, 0.4) is 0 Å². The zero-order chi connectivity index (χ0) is 24.6. The highest BCUT2D eigenvalue weighted by Crippen LogP contribution is 2.29. The van der Waals surface area contributed by atoms with Gasteiger partial charge < -0.3 is 15.4 Å². The van der Waals surface area contributed by atoms with Gasteiger partial charge in [0.2, 0.25) is 15.9 Å². The molecule has 8 nitrogen and oxygen atoms in total. The Kier molecular flexibility index (Phi) is 8.61. The number of alkyl carbamates (subject to hydrolysis) is 1. The summed E-state index contributed by atoms with van der Waals surface area (Å²) in [6.07, 6.45) is 0.903. The molecule has 0 aromatic heterocycles. The maximum absolute atomic E-state index is 12.8. The highest BCUT2D eigenvalue weighted by atomic mass is 32.2. The fourth-order valence-electron chi connectivity index (χ4n) is 3.33. The van der Waals surface area contributed by atoms with E-state index in [1.165, 1.54) is 13.0 Å². The second-order valence-electron chi connectivity index (χ2n) is 7.83. The third-order valence-corrected chi connectivity index (χ3v) is 6.71. The van der Waals surface area contributed by atoms with Crippen LogP contribution in [-0.2, 0) is 26.2 Å². The molecule has 9 heteroatoms. The maximum atomic E-state index is 12.8. The molecule has 0 aliphatic carbocycles. The Morgan fingerprint density at radius 1 is 0.941 bits per heavy atom. The summed E-state index contributed by atoms with van der Waals surface area (Å²) in [5, 5.41) is 6.34. The first kappa shape index (κ1) is 25.2. The molecular weight excluding hydrogens is 454 g/mol. The maximum Gasteiger partial charge on any atom is 0.408 e. The molecule has 0 spiro atoms. The van der Waals surface area contributed by atoms with Crippen LogP contribution in [0, 0.1) is 0 Å². The predicted molar refractivity (Wildman–Crippen MR) is 132 cm³/mol. The quantitative estimate of drug-likeness (QED) is 0.375. The number of benzene rings is 3. The number of rotatable bonds is 10. The molecule has 1 atom stereocenters. The van der Waals surface area contributed by atoms with Gasteiger partial charge in [-0.3, -0.25) is 4.79 Å². The Bertz CT molecular complexity index is 1250. The van der Waals surface area contributed by atoms with Gasteiger partial charge in [-0.1, -0.05) is 67.9 Å². The van der Waals surface area contributed by atoms with Gasteiger partial charge in [0.05, 0.1) is 4.90 Å². The Balaban J connectivity index is 1.69. The van der Waals surface area contributed by atoms with Gasteiger partial charge >= 0.3 is 6.09 Å². The Morgan fingerprint density at radius 2 is 1.65 bits per heavy atom. The number of ether oxygens (including phenoxy) is 1. The van der Waals surface area contributed by atoms with Gasteiger partial charge in [-0.15, -0.1) is 0 Å². The molecule has 180 valence electrons. The fraction of sp³-hybridized carbons (Fsp3) is 0.280. The third-order valence-electron chi connectivity index (χ3n) is 5.19. The summed E-state index contributed by atoms with van der Waals surface area (Å²) in [5.74, 6) is -0.460. The number of hydrogen-bond donors (Lipinski definition) is 3. The van der Waals surface area contributed by atoms with Crippen molar-refractivity contribution in [1.82, 2.24) is 10.0 Å². The van der Waals surface area contributed by atoms with Crippen LogP contribution in [-0.4, -0.2) is 33.0 Å². The standard InChI is InChI=1S/C25H29N3O5S/c1-3-4-16-26-34(31,32)23-15-9-12-20-21(23)13-8-14-22(20)28-24(29)18(2)27-25(30)33-17-19-10-6-5-7-11-19/h5-15,18,26H,3-4,16-17H2,1-2H3,(H,27,30)(H,28,29)/t18-/m1/s1. The van der Waals surface area contributed by atoms with Gasteiger partial charge in [0.15, 0.2) is 0 Å². The molecule has 2 amide bonds. The lowest BCUT2D eigenvalue weighted by molar-refractivity contribution is -0.117. The van der Waals surface area contributed by atoms with Crippen molar-refractivity contribution in [2.45, 2.75) is 44.2 Å². The molecule has 3 aromatic rings. The highest BCUT2D eigenvalue weighted by Gasteiger charge is 2.20. The molecule has 0 radical (unpaired) electrons. The lowest BCUT2D eigenvalue weighted by atomic mass is 10.1. The van der Waals surface area contributed by atoms with Crippen molar-refractivity contribution in [2.24, 2.45) is 0 Å². The van der Waals surface area contributed by atoms with E-state index in [0.29, 0.717) is 23.0 Å². The summed E-state index contributed by atoms with van der Waals surface area (Å²) in [6.45, 7) is 3.97. The number of carbonyl (C=O) groups is 2. The van der Waals surface area contributed by atoms with E-state index in [1.807, 2.05) is 37.3 Å².